The van der Waals surface area contributed by atoms with E-state index >= 15 is 0 Å². The van der Waals surface area contributed by atoms with Gasteiger partial charge in [0.2, 0.25) is 5.91 Å². The van der Waals surface area contributed by atoms with Gasteiger partial charge in [-0.15, -0.1) is 0 Å². The fourth-order valence-electron chi connectivity index (χ4n) is 2.18. The lowest BCUT2D eigenvalue weighted by atomic mass is 10.0. The normalized spacial score (nSPS) is 15.9. The number of ether oxygens (including phenoxy) is 2. The van der Waals surface area contributed by atoms with Gasteiger partial charge in [-0.2, -0.15) is 0 Å². The highest BCUT2D eigenvalue weighted by molar-refractivity contribution is 5.92. The predicted molar refractivity (Wildman–Crippen MR) is 73.8 cm³/mol. The minimum Gasteiger partial charge on any atom is -0.346 e. The number of carbonyl (C=O) groups is 1. The van der Waals surface area contributed by atoms with Gasteiger partial charge in [-0.25, -0.2) is 0 Å². The van der Waals surface area contributed by atoms with Gasteiger partial charge in [0.25, 0.3) is 0 Å². The summed E-state index contributed by atoms with van der Waals surface area (Å²) in [6, 6.07) is 7.64. The first-order chi connectivity index (χ1) is 9.24. The third kappa shape index (κ3) is 3.55. The van der Waals surface area contributed by atoms with Crippen LogP contribution >= 0.6 is 0 Å². The number of anilines is 1. The van der Waals surface area contributed by atoms with Crippen molar-refractivity contribution in [2.45, 2.75) is 33.0 Å². The van der Waals surface area contributed by atoms with Crippen molar-refractivity contribution >= 4 is 11.6 Å². The van der Waals surface area contributed by atoms with E-state index in [9.17, 15) is 4.79 Å². The molecule has 2 rings (SSSR count). The molecule has 1 amide bonds. The van der Waals surface area contributed by atoms with Crippen molar-refractivity contribution in [1.82, 2.24) is 0 Å². The Morgan fingerprint density at radius 3 is 2.32 bits per heavy atom. The largest absolute Gasteiger partial charge is 0.346 e. The Hall–Kier alpha value is -1.39. The van der Waals surface area contributed by atoms with Gasteiger partial charge in [-0.3, -0.25) is 4.79 Å². The standard InChI is InChI=1S/C15H21NO3/c1-3-11(4-2)14(17)16-13-7-5-12(6-8-13)15-18-9-10-19-15/h5-8,11,15H,3-4,9-10H2,1-2H3,(H,16,17). The zero-order valence-corrected chi connectivity index (χ0v) is 11.5. The molecule has 1 aromatic carbocycles. The van der Waals surface area contributed by atoms with Gasteiger partial charge < -0.3 is 14.8 Å². The van der Waals surface area contributed by atoms with Gasteiger partial charge in [0.1, 0.15) is 0 Å². The molecule has 104 valence electrons. The number of carbonyl (C=O) groups excluding carboxylic acids is 1. The molecule has 1 fully saturated rings. The zero-order chi connectivity index (χ0) is 13.7. The minimum absolute atomic E-state index is 0.0844. The summed E-state index contributed by atoms with van der Waals surface area (Å²) < 4.78 is 10.8. The lowest BCUT2D eigenvalue weighted by molar-refractivity contribution is -0.120. The van der Waals surface area contributed by atoms with E-state index in [1.807, 2.05) is 38.1 Å². The lowest BCUT2D eigenvalue weighted by Crippen LogP contribution is -2.21. The van der Waals surface area contributed by atoms with Crippen molar-refractivity contribution in [2.75, 3.05) is 18.5 Å². The van der Waals surface area contributed by atoms with E-state index < -0.39 is 0 Å². The fraction of sp³-hybridized carbons (Fsp3) is 0.533. The van der Waals surface area contributed by atoms with Crippen molar-refractivity contribution in [3.05, 3.63) is 29.8 Å². The number of rotatable bonds is 5. The highest BCUT2D eigenvalue weighted by Crippen LogP contribution is 2.24. The van der Waals surface area contributed by atoms with E-state index in [0.29, 0.717) is 13.2 Å². The summed E-state index contributed by atoms with van der Waals surface area (Å²) in [6.45, 7) is 5.34. The quantitative estimate of drug-likeness (QED) is 0.888. The highest BCUT2D eigenvalue weighted by atomic mass is 16.7. The van der Waals surface area contributed by atoms with Crippen LogP contribution in [-0.2, 0) is 14.3 Å². The molecule has 4 nitrogen and oxygen atoms in total. The molecule has 1 heterocycles. The average Bonchev–Trinajstić information content (AvgIpc) is 2.95. The number of hydrogen-bond acceptors (Lipinski definition) is 3. The van der Waals surface area contributed by atoms with Crippen LogP contribution < -0.4 is 5.32 Å². The maximum absolute atomic E-state index is 12.0. The first-order valence-electron chi connectivity index (χ1n) is 6.88. The second-order valence-electron chi connectivity index (χ2n) is 4.70. The lowest BCUT2D eigenvalue weighted by Gasteiger charge is -2.14. The van der Waals surface area contributed by atoms with Crippen molar-refractivity contribution < 1.29 is 14.3 Å². The average molecular weight is 263 g/mol. The molecule has 0 spiro atoms. The monoisotopic (exact) mass is 263 g/mol. The van der Waals surface area contributed by atoms with Crippen LogP contribution in [0.15, 0.2) is 24.3 Å². The van der Waals surface area contributed by atoms with Crippen LogP contribution in [0.3, 0.4) is 0 Å². The molecular weight excluding hydrogens is 242 g/mol. The van der Waals surface area contributed by atoms with Crippen molar-refractivity contribution in [2.24, 2.45) is 5.92 Å². The second-order valence-corrected chi connectivity index (χ2v) is 4.70. The molecule has 0 unspecified atom stereocenters. The second kappa shape index (κ2) is 6.68. The molecule has 19 heavy (non-hydrogen) atoms. The third-order valence-corrected chi connectivity index (χ3v) is 3.43. The van der Waals surface area contributed by atoms with Crippen LogP contribution in [0.2, 0.25) is 0 Å². The molecule has 1 saturated heterocycles. The minimum atomic E-state index is -0.260. The summed E-state index contributed by atoms with van der Waals surface area (Å²) in [4.78, 5) is 12.0. The van der Waals surface area contributed by atoms with Gasteiger partial charge in [0, 0.05) is 17.2 Å². The molecule has 0 bridgehead atoms. The SMILES string of the molecule is CCC(CC)C(=O)Nc1ccc(C2OCCO2)cc1. The predicted octanol–water partition coefficient (Wildman–Crippen LogP) is 3.11. The van der Waals surface area contributed by atoms with E-state index in [1.165, 1.54) is 0 Å². The Kier molecular flexibility index (Phi) is 4.93. The van der Waals surface area contributed by atoms with Gasteiger partial charge in [-0.1, -0.05) is 26.0 Å². The van der Waals surface area contributed by atoms with Crippen LogP contribution in [-0.4, -0.2) is 19.1 Å². The van der Waals surface area contributed by atoms with Gasteiger partial charge in [0.05, 0.1) is 13.2 Å². The molecule has 0 atom stereocenters. The first kappa shape index (κ1) is 14.0. The maximum Gasteiger partial charge on any atom is 0.227 e. The molecule has 0 aromatic heterocycles. The van der Waals surface area contributed by atoms with E-state index in [2.05, 4.69) is 5.32 Å². The number of hydrogen-bond donors (Lipinski definition) is 1. The molecule has 4 heteroatoms. The van der Waals surface area contributed by atoms with Crippen molar-refractivity contribution in [3.8, 4) is 0 Å². The Bertz CT molecular complexity index is 406. The number of nitrogens with one attached hydrogen (secondary N) is 1. The van der Waals surface area contributed by atoms with Gasteiger partial charge >= 0.3 is 0 Å². The summed E-state index contributed by atoms with van der Waals surface area (Å²) >= 11 is 0. The molecule has 1 aromatic rings. The number of benzene rings is 1. The molecule has 1 aliphatic rings. The zero-order valence-electron chi connectivity index (χ0n) is 11.5. The molecule has 0 aliphatic carbocycles. The Balaban J connectivity index is 1.96. The van der Waals surface area contributed by atoms with Crippen LogP contribution in [0, 0.1) is 5.92 Å². The van der Waals surface area contributed by atoms with E-state index in [-0.39, 0.29) is 18.1 Å². The van der Waals surface area contributed by atoms with Gasteiger partial charge in [0.15, 0.2) is 6.29 Å². The number of amides is 1. The molecule has 1 aliphatic heterocycles. The summed E-state index contributed by atoms with van der Waals surface area (Å²) in [5.41, 5.74) is 1.80. The van der Waals surface area contributed by atoms with Gasteiger partial charge in [-0.05, 0) is 25.0 Å². The molecule has 1 N–H and O–H groups in total. The van der Waals surface area contributed by atoms with E-state index in [1.54, 1.807) is 0 Å². The van der Waals surface area contributed by atoms with E-state index in [0.717, 1.165) is 24.1 Å². The van der Waals surface area contributed by atoms with E-state index in [4.69, 9.17) is 9.47 Å². The Morgan fingerprint density at radius 2 is 1.79 bits per heavy atom. The molecule has 0 saturated carbocycles. The third-order valence-electron chi connectivity index (χ3n) is 3.43. The fourth-order valence-corrected chi connectivity index (χ4v) is 2.18. The summed E-state index contributed by atoms with van der Waals surface area (Å²) in [5.74, 6) is 0.173. The van der Waals surface area contributed by atoms with Crippen LogP contribution in [0.5, 0.6) is 0 Å². The summed E-state index contributed by atoms with van der Waals surface area (Å²) in [5, 5.41) is 2.94. The van der Waals surface area contributed by atoms with Crippen molar-refractivity contribution in [3.63, 3.8) is 0 Å². The van der Waals surface area contributed by atoms with Crippen LogP contribution in [0.1, 0.15) is 38.5 Å². The maximum atomic E-state index is 12.0. The summed E-state index contributed by atoms with van der Waals surface area (Å²) in [7, 11) is 0. The summed E-state index contributed by atoms with van der Waals surface area (Å²) in [6.07, 6.45) is 1.47. The first-order valence-corrected chi connectivity index (χ1v) is 6.88. The molecule has 0 radical (unpaired) electrons. The Labute approximate surface area is 114 Å². The van der Waals surface area contributed by atoms with Crippen LogP contribution in [0.4, 0.5) is 5.69 Å². The van der Waals surface area contributed by atoms with Crippen molar-refractivity contribution in [1.29, 1.82) is 0 Å². The smallest absolute Gasteiger partial charge is 0.227 e. The topological polar surface area (TPSA) is 47.6 Å². The Morgan fingerprint density at radius 1 is 1.21 bits per heavy atom. The van der Waals surface area contributed by atoms with Crippen LogP contribution in [0.25, 0.3) is 0 Å². The molecular formula is C15H21NO3. The highest BCUT2D eigenvalue weighted by Gasteiger charge is 2.18.